The van der Waals surface area contributed by atoms with Gasteiger partial charge >= 0.3 is 0 Å². The first-order valence-corrected chi connectivity index (χ1v) is 7.79. The molecule has 1 rings (SSSR count). The summed E-state index contributed by atoms with van der Waals surface area (Å²) in [4.78, 5) is 0. The van der Waals surface area contributed by atoms with Crippen molar-refractivity contribution in [2.24, 2.45) is 0 Å². The van der Waals surface area contributed by atoms with Crippen LogP contribution in [0, 0.1) is 0 Å². The van der Waals surface area contributed by atoms with Crippen LogP contribution in [0.3, 0.4) is 0 Å². The van der Waals surface area contributed by atoms with E-state index in [9.17, 15) is 4.21 Å². The predicted octanol–water partition coefficient (Wildman–Crippen LogP) is 1.69. The van der Waals surface area contributed by atoms with Gasteiger partial charge in [-0.15, -0.1) is 0 Å². The Bertz CT molecular complexity index is 223. The molecule has 1 heterocycles. The summed E-state index contributed by atoms with van der Waals surface area (Å²) in [5.41, 5.74) is 0. The molecule has 0 aromatic heterocycles. The Kier molecular flexibility index (Phi) is 6.54. The summed E-state index contributed by atoms with van der Waals surface area (Å²) in [6, 6.07) is 0.397. The number of rotatable bonds is 7. The molecule has 3 nitrogen and oxygen atoms in total. The minimum atomic E-state index is -0.746. The van der Waals surface area contributed by atoms with Crippen molar-refractivity contribution >= 4 is 10.8 Å². The molecule has 1 aliphatic rings. The van der Waals surface area contributed by atoms with Crippen LogP contribution in [0.15, 0.2) is 0 Å². The van der Waals surface area contributed by atoms with Gasteiger partial charge in [0.15, 0.2) is 0 Å². The fourth-order valence-electron chi connectivity index (χ4n) is 2.05. The van der Waals surface area contributed by atoms with Crippen LogP contribution in [0.1, 0.15) is 40.0 Å². The van der Waals surface area contributed by atoms with Gasteiger partial charge in [0.05, 0.1) is 11.4 Å². The van der Waals surface area contributed by atoms with Crippen molar-refractivity contribution in [2.45, 2.75) is 57.4 Å². The molecule has 16 heavy (non-hydrogen) atoms. The van der Waals surface area contributed by atoms with Crippen LogP contribution >= 0.6 is 0 Å². The van der Waals surface area contributed by atoms with Gasteiger partial charge in [-0.1, -0.05) is 13.8 Å². The first-order chi connectivity index (χ1) is 7.69. The monoisotopic (exact) mass is 247 g/mol. The third kappa shape index (κ3) is 4.15. The lowest BCUT2D eigenvalue weighted by molar-refractivity contribution is 0.127. The highest BCUT2D eigenvalue weighted by Crippen LogP contribution is 2.19. The second-order valence-electron chi connectivity index (χ2n) is 4.51. The summed E-state index contributed by atoms with van der Waals surface area (Å²) < 4.78 is 17.6. The Morgan fingerprint density at radius 3 is 2.75 bits per heavy atom. The van der Waals surface area contributed by atoms with E-state index in [1.54, 1.807) is 0 Å². The highest BCUT2D eigenvalue weighted by molar-refractivity contribution is 7.85. The summed E-state index contributed by atoms with van der Waals surface area (Å²) in [7, 11) is -0.746. The highest BCUT2D eigenvalue weighted by atomic mass is 32.2. The summed E-state index contributed by atoms with van der Waals surface area (Å²) in [6.45, 7) is 8.14. The topological polar surface area (TPSA) is 38.3 Å². The van der Waals surface area contributed by atoms with Crippen LogP contribution in [0.5, 0.6) is 0 Å². The fourth-order valence-corrected chi connectivity index (χ4v) is 3.91. The largest absolute Gasteiger partial charge is 0.377 e. The van der Waals surface area contributed by atoms with Crippen molar-refractivity contribution in [1.82, 2.24) is 5.32 Å². The van der Waals surface area contributed by atoms with Crippen LogP contribution in [0.25, 0.3) is 0 Å². The van der Waals surface area contributed by atoms with Crippen molar-refractivity contribution in [2.75, 3.05) is 18.9 Å². The maximum atomic E-state index is 12.2. The minimum Gasteiger partial charge on any atom is -0.377 e. The molecule has 1 fully saturated rings. The first kappa shape index (κ1) is 14.1. The molecule has 1 saturated heterocycles. The van der Waals surface area contributed by atoms with E-state index in [1.165, 1.54) is 0 Å². The molecule has 1 N–H and O–H groups in total. The smallest absolute Gasteiger partial charge is 0.0691 e. The lowest BCUT2D eigenvalue weighted by Gasteiger charge is -2.20. The van der Waals surface area contributed by atoms with E-state index in [4.69, 9.17) is 4.74 Å². The number of nitrogens with one attached hydrogen (secondary N) is 1. The number of hydrogen-bond donors (Lipinski definition) is 1. The Balaban J connectivity index is 2.35. The second kappa shape index (κ2) is 7.41. The van der Waals surface area contributed by atoms with Gasteiger partial charge in [-0.2, -0.15) is 0 Å². The first-order valence-electron chi connectivity index (χ1n) is 6.41. The predicted molar refractivity (Wildman–Crippen MR) is 69.2 cm³/mol. The average Bonchev–Trinajstić information content (AvgIpc) is 2.70. The molecule has 0 bridgehead atoms. The van der Waals surface area contributed by atoms with Gasteiger partial charge < -0.3 is 10.1 Å². The molecular weight excluding hydrogens is 222 g/mol. The Morgan fingerprint density at radius 1 is 1.50 bits per heavy atom. The van der Waals surface area contributed by atoms with E-state index < -0.39 is 10.8 Å². The Labute approximate surface area is 102 Å². The molecule has 0 saturated carbocycles. The maximum Gasteiger partial charge on any atom is 0.0691 e. The van der Waals surface area contributed by atoms with Crippen LogP contribution in [-0.4, -0.2) is 40.5 Å². The fraction of sp³-hybridized carbons (Fsp3) is 1.00. The molecule has 4 atom stereocenters. The molecule has 0 spiro atoms. The Hall–Kier alpha value is 0.0700. The molecule has 96 valence electrons. The van der Waals surface area contributed by atoms with E-state index in [1.807, 2.05) is 6.92 Å². The lowest BCUT2D eigenvalue weighted by atomic mass is 10.2. The molecule has 1 aliphatic heterocycles. The van der Waals surface area contributed by atoms with E-state index in [-0.39, 0.29) is 11.4 Å². The van der Waals surface area contributed by atoms with Gasteiger partial charge in [-0.3, -0.25) is 4.21 Å². The van der Waals surface area contributed by atoms with Gasteiger partial charge in [0.1, 0.15) is 0 Å². The normalized spacial score (nSPS) is 29.2. The summed E-state index contributed by atoms with van der Waals surface area (Å²) in [5, 5.41) is 3.70. The maximum absolute atomic E-state index is 12.2. The van der Waals surface area contributed by atoms with Gasteiger partial charge in [0.25, 0.3) is 0 Å². The van der Waals surface area contributed by atoms with E-state index >= 15 is 0 Å². The standard InChI is InChI=1S/C12H25NO2S/c1-4-7-13-11(5-2)9-16(14)12-6-8-15-10(12)3/h10-13H,4-9H2,1-3H3. The molecule has 4 unspecified atom stereocenters. The highest BCUT2D eigenvalue weighted by Gasteiger charge is 2.30. The van der Waals surface area contributed by atoms with Gasteiger partial charge in [-0.25, -0.2) is 0 Å². The van der Waals surface area contributed by atoms with E-state index in [2.05, 4.69) is 19.2 Å². The minimum absolute atomic E-state index is 0.171. The molecule has 4 heteroatoms. The van der Waals surface area contributed by atoms with Crippen molar-refractivity contribution in [1.29, 1.82) is 0 Å². The van der Waals surface area contributed by atoms with Gasteiger partial charge in [0.2, 0.25) is 0 Å². The average molecular weight is 247 g/mol. The van der Waals surface area contributed by atoms with Crippen LogP contribution < -0.4 is 5.32 Å². The molecular formula is C12H25NO2S. The van der Waals surface area contributed by atoms with Crippen LogP contribution in [0.2, 0.25) is 0 Å². The summed E-state index contributed by atoms with van der Waals surface area (Å²) in [5.74, 6) is 0.773. The zero-order valence-corrected chi connectivity index (χ0v) is 11.5. The van der Waals surface area contributed by atoms with Crippen molar-refractivity contribution in [3.8, 4) is 0 Å². The number of hydrogen-bond acceptors (Lipinski definition) is 3. The Morgan fingerprint density at radius 2 is 2.25 bits per heavy atom. The van der Waals surface area contributed by atoms with Gasteiger partial charge in [-0.05, 0) is 32.7 Å². The third-order valence-corrected chi connectivity index (χ3v) is 5.21. The molecule has 0 aromatic rings. The summed E-state index contributed by atoms with van der Waals surface area (Å²) >= 11 is 0. The third-order valence-electron chi connectivity index (χ3n) is 3.19. The van der Waals surface area contributed by atoms with Crippen molar-refractivity contribution in [3.05, 3.63) is 0 Å². The van der Waals surface area contributed by atoms with Crippen molar-refractivity contribution < 1.29 is 8.95 Å². The summed E-state index contributed by atoms with van der Waals surface area (Å²) in [6.07, 6.45) is 3.31. The quantitative estimate of drug-likeness (QED) is 0.744. The second-order valence-corrected chi connectivity index (χ2v) is 6.21. The molecule has 0 radical (unpaired) electrons. The van der Waals surface area contributed by atoms with Crippen LogP contribution in [0.4, 0.5) is 0 Å². The van der Waals surface area contributed by atoms with Crippen LogP contribution in [-0.2, 0) is 15.5 Å². The van der Waals surface area contributed by atoms with Gasteiger partial charge in [0, 0.05) is 29.2 Å². The van der Waals surface area contributed by atoms with E-state index in [0.29, 0.717) is 6.04 Å². The SMILES string of the molecule is CCCNC(CC)CS(=O)C1CCOC1C. The zero-order chi connectivity index (χ0) is 12.0. The lowest BCUT2D eigenvalue weighted by Crippen LogP contribution is -2.37. The zero-order valence-electron chi connectivity index (χ0n) is 10.7. The van der Waals surface area contributed by atoms with Crippen molar-refractivity contribution in [3.63, 3.8) is 0 Å². The molecule has 0 aromatic carbocycles. The molecule has 0 aliphatic carbocycles. The molecule has 0 amide bonds. The number of ether oxygens (including phenoxy) is 1. The van der Waals surface area contributed by atoms with E-state index in [0.717, 1.165) is 38.2 Å².